The summed E-state index contributed by atoms with van der Waals surface area (Å²) in [7, 11) is -3.20. The molecule has 2 rings (SSSR count). The lowest BCUT2D eigenvalue weighted by molar-refractivity contribution is -0.384. The summed E-state index contributed by atoms with van der Waals surface area (Å²) in [5, 5.41) is 16.0. The van der Waals surface area contributed by atoms with E-state index in [1.54, 1.807) is 6.07 Å². The summed E-state index contributed by atoms with van der Waals surface area (Å²) < 4.78 is 24.2. The van der Waals surface area contributed by atoms with Crippen LogP contribution in [0.4, 0.5) is 16.2 Å². The Morgan fingerprint density at radius 2 is 2.00 bits per heavy atom. The average molecular weight is 342 g/mol. The molecule has 1 fully saturated rings. The van der Waals surface area contributed by atoms with Crippen molar-refractivity contribution in [2.75, 3.05) is 24.7 Å². The number of urea groups is 1. The van der Waals surface area contributed by atoms with Gasteiger partial charge in [-0.2, -0.15) is 0 Å². The smallest absolute Gasteiger partial charge is 0.319 e. The first-order valence-corrected chi connectivity index (χ1v) is 8.87. The van der Waals surface area contributed by atoms with Crippen molar-refractivity contribution in [3.05, 3.63) is 34.4 Å². The highest BCUT2D eigenvalue weighted by Gasteiger charge is 2.25. The molecule has 0 spiro atoms. The molecule has 10 heteroatoms. The molecule has 23 heavy (non-hydrogen) atoms. The molecule has 2 N–H and O–H groups in total. The Balaban J connectivity index is 1.86. The van der Waals surface area contributed by atoms with Gasteiger partial charge in [0.1, 0.15) is 0 Å². The molecular formula is C13H18N4O5S. The standard InChI is InChI=1S/C13H18N4O5S/c1-23(21,22)16-7-5-10(6-8-16)14-13(18)15-11-3-2-4-12(9-11)17(19)20/h2-4,9-10H,5-8H2,1H3,(H2,14,15,18). The third-order valence-corrected chi connectivity index (χ3v) is 4.88. The predicted molar refractivity (Wildman–Crippen MR) is 84.7 cm³/mol. The van der Waals surface area contributed by atoms with Gasteiger partial charge in [-0.25, -0.2) is 17.5 Å². The van der Waals surface area contributed by atoms with Crippen molar-refractivity contribution < 1.29 is 18.1 Å². The Labute approximate surface area is 133 Å². The molecule has 0 atom stereocenters. The predicted octanol–water partition coefficient (Wildman–Crippen LogP) is 1.14. The maximum atomic E-state index is 11.9. The van der Waals surface area contributed by atoms with Crippen LogP contribution < -0.4 is 10.6 Å². The van der Waals surface area contributed by atoms with Gasteiger partial charge in [-0.1, -0.05) is 6.07 Å². The van der Waals surface area contributed by atoms with Crippen molar-refractivity contribution in [1.29, 1.82) is 0 Å². The summed E-state index contributed by atoms with van der Waals surface area (Å²) in [4.78, 5) is 22.1. The van der Waals surface area contributed by atoms with Gasteiger partial charge < -0.3 is 10.6 Å². The molecule has 0 unspecified atom stereocenters. The maximum Gasteiger partial charge on any atom is 0.319 e. The van der Waals surface area contributed by atoms with Crippen LogP contribution in [-0.2, 0) is 10.0 Å². The number of anilines is 1. The number of benzene rings is 1. The van der Waals surface area contributed by atoms with Crippen molar-refractivity contribution in [1.82, 2.24) is 9.62 Å². The number of hydrogen-bond acceptors (Lipinski definition) is 5. The zero-order chi connectivity index (χ0) is 17.0. The van der Waals surface area contributed by atoms with Gasteiger partial charge in [-0.3, -0.25) is 10.1 Å². The first-order chi connectivity index (χ1) is 10.8. The van der Waals surface area contributed by atoms with E-state index in [0.29, 0.717) is 31.6 Å². The van der Waals surface area contributed by atoms with Crippen LogP contribution in [0.3, 0.4) is 0 Å². The molecule has 0 aromatic heterocycles. The third kappa shape index (κ3) is 4.89. The highest BCUT2D eigenvalue weighted by atomic mass is 32.2. The Morgan fingerprint density at radius 1 is 1.35 bits per heavy atom. The SMILES string of the molecule is CS(=O)(=O)N1CCC(NC(=O)Nc2cccc([N+](=O)[O-])c2)CC1. The van der Waals surface area contributed by atoms with Crippen molar-refractivity contribution in [2.24, 2.45) is 0 Å². The van der Waals surface area contributed by atoms with Gasteiger partial charge in [0.15, 0.2) is 0 Å². The summed E-state index contributed by atoms with van der Waals surface area (Å²) in [6, 6.07) is 5.04. The number of nitro groups is 1. The lowest BCUT2D eigenvalue weighted by Gasteiger charge is -2.30. The molecule has 0 aliphatic carbocycles. The topological polar surface area (TPSA) is 122 Å². The molecular weight excluding hydrogens is 324 g/mol. The van der Waals surface area contributed by atoms with Gasteiger partial charge in [-0.15, -0.1) is 0 Å². The number of non-ortho nitro benzene ring substituents is 1. The fourth-order valence-electron chi connectivity index (χ4n) is 2.38. The largest absolute Gasteiger partial charge is 0.335 e. The quantitative estimate of drug-likeness (QED) is 0.627. The molecule has 1 saturated heterocycles. The zero-order valence-corrected chi connectivity index (χ0v) is 13.4. The summed E-state index contributed by atoms with van der Waals surface area (Å²) in [6.45, 7) is 0.723. The molecule has 1 aromatic carbocycles. The fraction of sp³-hybridized carbons (Fsp3) is 0.462. The van der Waals surface area contributed by atoms with Crippen LogP contribution in [0.25, 0.3) is 0 Å². The van der Waals surface area contributed by atoms with Crippen LogP contribution in [0, 0.1) is 10.1 Å². The van der Waals surface area contributed by atoms with Crippen LogP contribution in [0.5, 0.6) is 0 Å². The van der Waals surface area contributed by atoms with Crippen molar-refractivity contribution in [2.45, 2.75) is 18.9 Å². The lowest BCUT2D eigenvalue weighted by atomic mass is 10.1. The number of piperidine rings is 1. The number of carbonyl (C=O) groups is 1. The van der Waals surface area contributed by atoms with E-state index in [2.05, 4.69) is 10.6 Å². The third-order valence-electron chi connectivity index (χ3n) is 3.57. The van der Waals surface area contributed by atoms with Gasteiger partial charge in [0.2, 0.25) is 10.0 Å². The minimum Gasteiger partial charge on any atom is -0.335 e. The molecule has 126 valence electrons. The second-order valence-corrected chi connectivity index (χ2v) is 7.32. The Kier molecular flexibility index (Phi) is 5.16. The Morgan fingerprint density at radius 3 is 2.57 bits per heavy atom. The van der Waals surface area contributed by atoms with E-state index in [9.17, 15) is 23.3 Å². The summed E-state index contributed by atoms with van der Waals surface area (Å²) in [5.41, 5.74) is 0.217. The van der Waals surface area contributed by atoms with Crippen molar-refractivity contribution in [3.8, 4) is 0 Å². The van der Waals surface area contributed by atoms with Crippen LogP contribution in [0.1, 0.15) is 12.8 Å². The van der Waals surface area contributed by atoms with E-state index in [-0.39, 0.29) is 11.7 Å². The molecule has 0 saturated carbocycles. The monoisotopic (exact) mass is 342 g/mol. The molecule has 2 amide bonds. The van der Waals surface area contributed by atoms with E-state index in [1.807, 2.05) is 0 Å². The van der Waals surface area contributed by atoms with Gasteiger partial charge in [0, 0.05) is 37.0 Å². The number of hydrogen-bond donors (Lipinski definition) is 2. The van der Waals surface area contributed by atoms with E-state index in [1.165, 1.54) is 22.5 Å². The number of sulfonamides is 1. The number of nitrogens with zero attached hydrogens (tertiary/aromatic N) is 2. The number of nitrogens with one attached hydrogen (secondary N) is 2. The average Bonchev–Trinajstić information content (AvgIpc) is 2.47. The Hall–Kier alpha value is -2.20. The first kappa shape index (κ1) is 17.2. The van der Waals surface area contributed by atoms with Crippen LogP contribution in [0.2, 0.25) is 0 Å². The van der Waals surface area contributed by atoms with Crippen LogP contribution >= 0.6 is 0 Å². The summed E-state index contributed by atoms with van der Waals surface area (Å²) in [5.74, 6) is 0. The van der Waals surface area contributed by atoms with Gasteiger partial charge in [0.25, 0.3) is 5.69 Å². The summed E-state index contributed by atoms with van der Waals surface area (Å²) in [6.07, 6.45) is 2.21. The first-order valence-electron chi connectivity index (χ1n) is 7.03. The molecule has 0 radical (unpaired) electrons. The van der Waals surface area contributed by atoms with Gasteiger partial charge in [-0.05, 0) is 18.9 Å². The fourth-order valence-corrected chi connectivity index (χ4v) is 3.26. The summed E-state index contributed by atoms with van der Waals surface area (Å²) >= 11 is 0. The molecule has 1 aliphatic heterocycles. The van der Waals surface area contributed by atoms with E-state index < -0.39 is 21.0 Å². The van der Waals surface area contributed by atoms with Crippen LogP contribution in [0.15, 0.2) is 24.3 Å². The van der Waals surface area contributed by atoms with E-state index >= 15 is 0 Å². The molecule has 1 aromatic rings. The lowest BCUT2D eigenvalue weighted by Crippen LogP contribution is -2.47. The van der Waals surface area contributed by atoms with Crippen molar-refractivity contribution >= 4 is 27.4 Å². The van der Waals surface area contributed by atoms with E-state index in [4.69, 9.17) is 0 Å². The van der Waals surface area contributed by atoms with Crippen LogP contribution in [-0.4, -0.2) is 49.1 Å². The number of nitro benzene ring substituents is 1. The van der Waals surface area contributed by atoms with Crippen molar-refractivity contribution in [3.63, 3.8) is 0 Å². The number of carbonyl (C=O) groups excluding carboxylic acids is 1. The second kappa shape index (κ2) is 6.92. The minimum atomic E-state index is -3.20. The molecule has 1 heterocycles. The molecule has 9 nitrogen and oxygen atoms in total. The Bertz CT molecular complexity index is 698. The highest BCUT2D eigenvalue weighted by molar-refractivity contribution is 7.88. The van der Waals surface area contributed by atoms with Gasteiger partial charge in [0.05, 0.1) is 11.2 Å². The second-order valence-electron chi connectivity index (χ2n) is 5.34. The van der Waals surface area contributed by atoms with E-state index in [0.717, 1.165) is 6.26 Å². The molecule has 1 aliphatic rings. The number of rotatable bonds is 4. The normalized spacial score (nSPS) is 16.7. The number of amides is 2. The minimum absolute atomic E-state index is 0.107. The highest BCUT2D eigenvalue weighted by Crippen LogP contribution is 2.17. The van der Waals surface area contributed by atoms with Gasteiger partial charge >= 0.3 is 6.03 Å². The maximum absolute atomic E-state index is 11.9. The zero-order valence-electron chi connectivity index (χ0n) is 12.6. The molecule has 0 bridgehead atoms.